The van der Waals surface area contributed by atoms with E-state index in [1.54, 1.807) is 12.1 Å². The van der Waals surface area contributed by atoms with E-state index in [2.05, 4.69) is 20.7 Å². The molecule has 1 atom stereocenters. The molecule has 1 N–H and O–H groups in total. The highest BCUT2D eigenvalue weighted by Crippen LogP contribution is 2.35. The fourth-order valence-electron chi connectivity index (χ4n) is 3.85. The predicted octanol–water partition coefficient (Wildman–Crippen LogP) is 4.61. The molecule has 2 aromatic carbocycles. The van der Waals surface area contributed by atoms with Gasteiger partial charge in [-0.3, -0.25) is 14.5 Å². The Balaban J connectivity index is 1.56. The number of nitrogens with one attached hydrogen (secondary N) is 1. The van der Waals surface area contributed by atoms with Gasteiger partial charge < -0.3 is 5.32 Å². The van der Waals surface area contributed by atoms with Crippen LogP contribution >= 0.6 is 11.3 Å². The van der Waals surface area contributed by atoms with Crippen molar-refractivity contribution in [3.05, 3.63) is 83.0 Å². The lowest BCUT2D eigenvalue weighted by atomic mass is 10.0. The number of hydrogen-bond donors (Lipinski definition) is 1. The van der Waals surface area contributed by atoms with Crippen LogP contribution in [0.15, 0.2) is 66.0 Å². The van der Waals surface area contributed by atoms with Gasteiger partial charge in [0.2, 0.25) is 11.7 Å². The van der Waals surface area contributed by atoms with E-state index in [0.29, 0.717) is 4.88 Å². The van der Waals surface area contributed by atoms with Crippen molar-refractivity contribution < 1.29 is 27.2 Å². The summed E-state index contributed by atoms with van der Waals surface area (Å²) in [5.41, 5.74) is -0.933. The van der Waals surface area contributed by atoms with Gasteiger partial charge in [-0.1, -0.05) is 24.3 Å². The van der Waals surface area contributed by atoms with E-state index >= 15 is 0 Å². The van der Waals surface area contributed by atoms with Gasteiger partial charge in [-0.05, 0) is 65.4 Å². The van der Waals surface area contributed by atoms with Gasteiger partial charge in [-0.15, -0.1) is 21.5 Å². The van der Waals surface area contributed by atoms with E-state index in [1.165, 1.54) is 29.5 Å². The van der Waals surface area contributed by atoms with E-state index < -0.39 is 42.0 Å². The summed E-state index contributed by atoms with van der Waals surface area (Å²) < 4.78 is 54.4. The summed E-state index contributed by atoms with van der Waals surface area (Å²) in [6.45, 7) is -0.511. The third-order valence-electron chi connectivity index (χ3n) is 5.81. The summed E-state index contributed by atoms with van der Waals surface area (Å²) in [6, 6.07) is 11.1. The summed E-state index contributed by atoms with van der Waals surface area (Å²) >= 11 is 1.37. The first-order valence-corrected chi connectivity index (χ1v) is 12.4. The maximum atomic E-state index is 13.7. The number of halogens is 4. The van der Waals surface area contributed by atoms with Gasteiger partial charge in [0.05, 0.1) is 10.4 Å². The molecule has 2 amide bonds. The van der Waals surface area contributed by atoms with E-state index in [1.807, 2.05) is 5.38 Å². The Morgan fingerprint density at radius 3 is 2.53 bits per heavy atom. The highest BCUT2D eigenvalue weighted by molar-refractivity contribution is 7.13. The summed E-state index contributed by atoms with van der Waals surface area (Å²) in [4.78, 5) is 29.8. The van der Waals surface area contributed by atoms with Crippen LogP contribution in [0.5, 0.6) is 0 Å². The number of benzene rings is 2. The highest BCUT2D eigenvalue weighted by atomic mass is 32.1. The molecule has 1 fully saturated rings. The van der Waals surface area contributed by atoms with Crippen molar-refractivity contribution in [1.29, 1.82) is 0 Å². The Hall–Kier alpha value is -4.13. The zero-order valence-corrected chi connectivity index (χ0v) is 20.4. The maximum Gasteiger partial charge on any atom is 0.416 e. The van der Waals surface area contributed by atoms with Crippen LogP contribution in [0.3, 0.4) is 0 Å². The second-order valence-electron chi connectivity index (χ2n) is 8.67. The second kappa shape index (κ2) is 10.3. The number of rotatable bonds is 8. The molecule has 0 unspecified atom stereocenters. The standard InChI is InChI=1S/C25H20F4N6O2S/c26-17-8-6-15(7-9-17)22(24(37)30-18-10-11-18)35(19-4-1-3-16(13-19)25(27,28)29)21(36)14-34-32-23(31-33-34)20-5-2-12-38-20/h1-9,12-13,18,22H,10-11,14H2,(H,30,37)/t22-/m1/s1. The third-order valence-corrected chi connectivity index (χ3v) is 6.67. The van der Waals surface area contributed by atoms with E-state index in [0.717, 1.165) is 52.9 Å². The number of aromatic nitrogens is 4. The molecule has 0 bridgehead atoms. The molecular weight excluding hydrogens is 524 g/mol. The molecule has 0 saturated heterocycles. The molecule has 2 aromatic heterocycles. The number of alkyl halides is 3. The summed E-state index contributed by atoms with van der Waals surface area (Å²) in [6.07, 6.45) is -3.20. The molecule has 13 heteroatoms. The Bertz CT molecular complexity index is 1430. The summed E-state index contributed by atoms with van der Waals surface area (Å²) in [5.74, 6) is -1.66. The summed E-state index contributed by atoms with van der Waals surface area (Å²) in [7, 11) is 0. The quantitative estimate of drug-likeness (QED) is 0.327. The van der Waals surface area contributed by atoms with Crippen molar-refractivity contribution in [1.82, 2.24) is 25.5 Å². The lowest BCUT2D eigenvalue weighted by Crippen LogP contribution is -2.46. The molecule has 8 nitrogen and oxygen atoms in total. The van der Waals surface area contributed by atoms with Gasteiger partial charge in [0.25, 0.3) is 5.91 Å². The molecule has 1 aliphatic carbocycles. The number of hydrogen-bond acceptors (Lipinski definition) is 6. The monoisotopic (exact) mass is 544 g/mol. The first kappa shape index (κ1) is 25.5. The van der Waals surface area contributed by atoms with Gasteiger partial charge >= 0.3 is 6.18 Å². The fraction of sp³-hybridized carbons (Fsp3) is 0.240. The van der Waals surface area contributed by atoms with Crippen molar-refractivity contribution in [2.45, 2.75) is 37.6 Å². The number of carbonyl (C=O) groups is 2. The second-order valence-corrected chi connectivity index (χ2v) is 9.62. The van der Waals surface area contributed by atoms with Gasteiger partial charge in [0.1, 0.15) is 18.4 Å². The van der Waals surface area contributed by atoms with Crippen LogP contribution in [0.4, 0.5) is 23.2 Å². The average molecular weight is 545 g/mol. The van der Waals surface area contributed by atoms with Gasteiger partial charge in [0.15, 0.2) is 0 Å². The van der Waals surface area contributed by atoms with Crippen molar-refractivity contribution >= 4 is 28.8 Å². The van der Waals surface area contributed by atoms with Gasteiger partial charge in [-0.25, -0.2) is 4.39 Å². The van der Waals surface area contributed by atoms with Crippen LogP contribution < -0.4 is 10.2 Å². The Labute approximate surface area is 217 Å². The van der Waals surface area contributed by atoms with E-state index in [9.17, 15) is 27.2 Å². The van der Waals surface area contributed by atoms with Crippen molar-refractivity contribution in [3.8, 4) is 10.7 Å². The average Bonchev–Trinajstić information content (AvgIpc) is 3.32. The number of thiophene rings is 1. The predicted molar refractivity (Wildman–Crippen MR) is 130 cm³/mol. The van der Waals surface area contributed by atoms with Crippen molar-refractivity contribution in [2.75, 3.05) is 4.90 Å². The molecule has 38 heavy (non-hydrogen) atoms. The molecule has 0 spiro atoms. The van der Waals surface area contributed by atoms with Crippen molar-refractivity contribution in [2.24, 2.45) is 0 Å². The molecule has 196 valence electrons. The largest absolute Gasteiger partial charge is 0.416 e. The first-order valence-electron chi connectivity index (χ1n) is 11.6. The maximum absolute atomic E-state index is 13.7. The minimum atomic E-state index is -4.69. The molecule has 1 saturated carbocycles. The zero-order chi connectivity index (χ0) is 26.9. The zero-order valence-electron chi connectivity index (χ0n) is 19.6. The molecule has 1 aliphatic rings. The SMILES string of the molecule is O=C(NC1CC1)[C@@H](c1ccc(F)cc1)N(C(=O)Cn1nnc(-c2cccs2)n1)c1cccc(C(F)(F)F)c1. The molecular formula is C25H20F4N6O2S. The lowest BCUT2D eigenvalue weighted by Gasteiger charge is -2.32. The number of amides is 2. The van der Waals surface area contributed by atoms with Crippen LogP contribution in [-0.2, 0) is 22.3 Å². The van der Waals surface area contributed by atoms with Crippen LogP contribution in [0, 0.1) is 5.82 Å². The number of tetrazole rings is 1. The van der Waals surface area contributed by atoms with Gasteiger partial charge in [-0.2, -0.15) is 18.0 Å². The topological polar surface area (TPSA) is 93.0 Å². The number of carbonyl (C=O) groups excluding carboxylic acids is 2. The molecule has 0 radical (unpaired) electrons. The van der Waals surface area contributed by atoms with Gasteiger partial charge in [0, 0.05) is 11.7 Å². The highest BCUT2D eigenvalue weighted by Gasteiger charge is 2.37. The number of nitrogens with zero attached hydrogens (tertiary/aromatic N) is 5. The van der Waals surface area contributed by atoms with Crippen LogP contribution in [0.1, 0.15) is 30.0 Å². The first-order chi connectivity index (χ1) is 18.2. The fourth-order valence-corrected chi connectivity index (χ4v) is 4.50. The van der Waals surface area contributed by atoms with Crippen LogP contribution in [0.25, 0.3) is 10.7 Å². The normalized spacial score (nSPS) is 14.2. The van der Waals surface area contributed by atoms with Crippen LogP contribution in [0.2, 0.25) is 0 Å². The molecule has 4 aromatic rings. The Kier molecular flexibility index (Phi) is 6.93. The Morgan fingerprint density at radius 1 is 1.11 bits per heavy atom. The van der Waals surface area contributed by atoms with Crippen molar-refractivity contribution in [3.63, 3.8) is 0 Å². The van der Waals surface area contributed by atoms with Crippen LogP contribution in [-0.4, -0.2) is 38.1 Å². The third kappa shape index (κ3) is 5.72. The molecule has 2 heterocycles. The Morgan fingerprint density at radius 2 is 1.87 bits per heavy atom. The lowest BCUT2D eigenvalue weighted by molar-refractivity contribution is -0.137. The van der Waals surface area contributed by atoms with E-state index in [4.69, 9.17) is 0 Å². The molecule has 0 aliphatic heterocycles. The smallest absolute Gasteiger partial charge is 0.351 e. The molecule has 5 rings (SSSR count). The number of anilines is 1. The minimum Gasteiger partial charge on any atom is -0.351 e. The van der Waals surface area contributed by atoms with E-state index in [-0.39, 0.29) is 23.1 Å². The minimum absolute atomic E-state index is 0.103. The summed E-state index contributed by atoms with van der Waals surface area (Å²) in [5, 5.41) is 16.7.